The van der Waals surface area contributed by atoms with Gasteiger partial charge in [-0.2, -0.15) is 0 Å². The van der Waals surface area contributed by atoms with Gasteiger partial charge >= 0.3 is 0 Å². The summed E-state index contributed by atoms with van der Waals surface area (Å²) in [6, 6.07) is 25.1. The fraction of sp³-hybridized carbons (Fsp3) is 0.361. The minimum atomic E-state index is -1.03. The lowest BCUT2D eigenvalue weighted by atomic mass is 9.70. The third-order valence-corrected chi connectivity index (χ3v) is 10.3. The van der Waals surface area contributed by atoms with E-state index < -0.39 is 29.7 Å². The quantitative estimate of drug-likeness (QED) is 0.438. The Morgan fingerprint density at radius 1 is 0.733 bits per heavy atom. The van der Waals surface area contributed by atoms with Gasteiger partial charge in [0.2, 0.25) is 11.8 Å². The number of amides is 5. The van der Waals surface area contributed by atoms with Gasteiger partial charge in [0, 0.05) is 25.1 Å². The molecule has 3 aromatic rings. The number of benzene rings is 3. The Morgan fingerprint density at radius 2 is 1.31 bits per heavy atom. The number of nitrogens with zero attached hydrogens (tertiary/aromatic N) is 3. The molecule has 4 aliphatic heterocycles. The molecule has 4 aliphatic rings. The van der Waals surface area contributed by atoms with E-state index in [0.29, 0.717) is 18.7 Å². The molecule has 0 aromatic heterocycles. The molecule has 1 N–H and O–H groups in total. The molecule has 1 unspecified atom stereocenters. The maximum absolute atomic E-state index is 13.6. The first-order valence-corrected chi connectivity index (χ1v) is 15.8. The van der Waals surface area contributed by atoms with Gasteiger partial charge in [-0.1, -0.05) is 60.7 Å². The SMILES string of the molecule is O=C1CCC(N2C(=O)c3ccc(C(=O)N4CCC5(CC4)CCN(C(c4ccccc4)c4ccccc4)CC5)cc3C2=O)C(=O)N1. The third-order valence-electron chi connectivity index (χ3n) is 10.3. The van der Waals surface area contributed by atoms with Gasteiger partial charge in [0.1, 0.15) is 6.04 Å². The molecule has 7 rings (SSSR count). The van der Waals surface area contributed by atoms with E-state index in [1.807, 2.05) is 4.90 Å². The van der Waals surface area contributed by atoms with E-state index in [9.17, 15) is 24.0 Å². The molecule has 3 fully saturated rings. The molecule has 45 heavy (non-hydrogen) atoms. The molecule has 0 radical (unpaired) electrons. The Labute approximate surface area is 262 Å². The minimum absolute atomic E-state index is 0.0582. The Balaban J connectivity index is 0.998. The van der Waals surface area contributed by atoms with Crippen LogP contribution in [0.15, 0.2) is 78.9 Å². The van der Waals surface area contributed by atoms with Crippen molar-refractivity contribution in [1.29, 1.82) is 0 Å². The first-order valence-electron chi connectivity index (χ1n) is 15.8. The molecule has 3 saturated heterocycles. The number of piperidine rings is 3. The summed E-state index contributed by atoms with van der Waals surface area (Å²) in [7, 11) is 0. The zero-order chi connectivity index (χ0) is 31.1. The molecule has 230 valence electrons. The van der Waals surface area contributed by atoms with Crippen LogP contribution in [0, 0.1) is 5.41 Å². The average Bonchev–Trinajstić information content (AvgIpc) is 3.32. The Kier molecular flexibility index (Phi) is 7.57. The third kappa shape index (κ3) is 5.35. The molecular formula is C36H36N4O5. The highest BCUT2D eigenvalue weighted by atomic mass is 16.2. The average molecular weight is 605 g/mol. The lowest BCUT2D eigenvalue weighted by Gasteiger charge is -2.48. The standard InChI is InChI=1S/C36H36N4O5/c41-30-14-13-29(32(42)37-30)40-34(44)27-12-11-26(23-28(27)35(40)45)33(43)39-21-17-36(18-22-39)15-19-38(20-16-36)31(24-7-3-1-4-8-24)25-9-5-2-6-10-25/h1-12,23,29,31H,13-22H2,(H,37,41,42). The van der Waals surface area contributed by atoms with E-state index in [1.165, 1.54) is 23.3 Å². The smallest absolute Gasteiger partial charge is 0.262 e. The van der Waals surface area contributed by atoms with E-state index in [4.69, 9.17) is 0 Å². The van der Waals surface area contributed by atoms with Gasteiger partial charge in [-0.15, -0.1) is 0 Å². The van der Waals surface area contributed by atoms with Crippen LogP contribution in [0.25, 0.3) is 0 Å². The van der Waals surface area contributed by atoms with Crippen LogP contribution < -0.4 is 5.32 Å². The summed E-state index contributed by atoms with van der Waals surface area (Å²) < 4.78 is 0. The molecule has 9 nitrogen and oxygen atoms in total. The Hall–Kier alpha value is -4.63. The fourth-order valence-corrected chi connectivity index (χ4v) is 7.61. The molecule has 1 atom stereocenters. The van der Waals surface area contributed by atoms with Gasteiger partial charge in [-0.3, -0.25) is 39.1 Å². The second-order valence-electron chi connectivity index (χ2n) is 12.8. The first kappa shape index (κ1) is 29.1. The van der Waals surface area contributed by atoms with E-state index >= 15 is 0 Å². The monoisotopic (exact) mass is 604 g/mol. The normalized spacial score (nSPS) is 21.8. The maximum Gasteiger partial charge on any atom is 0.262 e. The zero-order valence-electron chi connectivity index (χ0n) is 25.1. The number of fused-ring (bicyclic) bond motifs is 1. The summed E-state index contributed by atoms with van der Waals surface area (Å²) in [5.74, 6) is -2.40. The van der Waals surface area contributed by atoms with Crippen molar-refractivity contribution >= 4 is 29.5 Å². The lowest BCUT2D eigenvalue weighted by molar-refractivity contribution is -0.136. The number of hydrogen-bond acceptors (Lipinski definition) is 6. The number of likely N-dealkylation sites (tertiary alicyclic amines) is 2. The molecule has 0 saturated carbocycles. The van der Waals surface area contributed by atoms with Crippen molar-refractivity contribution in [3.05, 3.63) is 107 Å². The van der Waals surface area contributed by atoms with Gasteiger partial charge in [0.15, 0.2) is 0 Å². The molecule has 1 spiro atoms. The second kappa shape index (κ2) is 11.7. The van der Waals surface area contributed by atoms with E-state index in [2.05, 4.69) is 70.9 Å². The van der Waals surface area contributed by atoms with Crippen LogP contribution in [-0.2, 0) is 9.59 Å². The summed E-state index contributed by atoms with van der Waals surface area (Å²) in [4.78, 5) is 69.2. The summed E-state index contributed by atoms with van der Waals surface area (Å²) in [6.07, 6.45) is 4.17. The second-order valence-corrected chi connectivity index (χ2v) is 12.8. The van der Waals surface area contributed by atoms with Crippen molar-refractivity contribution in [2.75, 3.05) is 26.2 Å². The number of nitrogens with one attached hydrogen (secondary N) is 1. The Morgan fingerprint density at radius 3 is 1.91 bits per heavy atom. The number of imide groups is 2. The number of carbonyl (C=O) groups excluding carboxylic acids is 5. The number of hydrogen-bond donors (Lipinski definition) is 1. The van der Waals surface area contributed by atoms with Crippen molar-refractivity contribution in [1.82, 2.24) is 20.0 Å². The highest BCUT2D eigenvalue weighted by Gasteiger charge is 2.45. The van der Waals surface area contributed by atoms with Crippen molar-refractivity contribution in [2.45, 2.75) is 50.6 Å². The largest absolute Gasteiger partial charge is 0.339 e. The van der Waals surface area contributed by atoms with Gasteiger partial charge in [0.25, 0.3) is 17.7 Å². The van der Waals surface area contributed by atoms with Crippen LogP contribution in [0.1, 0.15) is 86.8 Å². The number of rotatable bonds is 5. The summed E-state index contributed by atoms with van der Waals surface area (Å²) in [5, 5.41) is 2.21. The van der Waals surface area contributed by atoms with Crippen molar-refractivity contribution < 1.29 is 24.0 Å². The predicted octanol–water partition coefficient (Wildman–Crippen LogP) is 4.20. The molecule has 4 heterocycles. The minimum Gasteiger partial charge on any atom is -0.339 e. The van der Waals surface area contributed by atoms with Gasteiger partial charge in [-0.25, -0.2) is 0 Å². The maximum atomic E-state index is 13.6. The summed E-state index contributed by atoms with van der Waals surface area (Å²) >= 11 is 0. The van der Waals surface area contributed by atoms with Crippen molar-refractivity contribution in [2.24, 2.45) is 5.41 Å². The Bertz CT molecular complexity index is 1620. The van der Waals surface area contributed by atoms with Crippen LogP contribution in [-0.4, -0.2) is 76.5 Å². The number of carbonyl (C=O) groups is 5. The van der Waals surface area contributed by atoms with Crippen molar-refractivity contribution in [3.8, 4) is 0 Å². The molecule has 0 aliphatic carbocycles. The predicted molar refractivity (Wildman–Crippen MR) is 166 cm³/mol. The molecular weight excluding hydrogens is 568 g/mol. The highest BCUT2D eigenvalue weighted by molar-refractivity contribution is 6.24. The zero-order valence-corrected chi connectivity index (χ0v) is 25.1. The van der Waals surface area contributed by atoms with Gasteiger partial charge in [0.05, 0.1) is 17.2 Å². The van der Waals surface area contributed by atoms with Gasteiger partial charge < -0.3 is 4.90 Å². The molecule has 5 amide bonds. The molecule has 3 aromatic carbocycles. The van der Waals surface area contributed by atoms with Gasteiger partial charge in [-0.05, 0) is 79.9 Å². The topological polar surface area (TPSA) is 107 Å². The summed E-state index contributed by atoms with van der Waals surface area (Å²) in [6.45, 7) is 3.28. The van der Waals surface area contributed by atoms with E-state index in [1.54, 1.807) is 6.07 Å². The van der Waals surface area contributed by atoms with Crippen LogP contribution >= 0.6 is 0 Å². The van der Waals surface area contributed by atoms with Crippen LogP contribution in [0.5, 0.6) is 0 Å². The van der Waals surface area contributed by atoms with Crippen LogP contribution in [0.4, 0.5) is 0 Å². The summed E-state index contributed by atoms with van der Waals surface area (Å²) in [5.41, 5.74) is 3.47. The molecule has 0 bridgehead atoms. The van der Waals surface area contributed by atoms with E-state index in [0.717, 1.165) is 43.7 Å². The van der Waals surface area contributed by atoms with Crippen LogP contribution in [0.2, 0.25) is 0 Å². The van der Waals surface area contributed by atoms with Crippen molar-refractivity contribution in [3.63, 3.8) is 0 Å². The first-order chi connectivity index (χ1) is 21.8. The lowest BCUT2D eigenvalue weighted by Crippen LogP contribution is -2.54. The fourth-order valence-electron chi connectivity index (χ4n) is 7.61. The highest BCUT2D eigenvalue weighted by Crippen LogP contribution is 2.44. The van der Waals surface area contributed by atoms with E-state index in [-0.39, 0.29) is 41.3 Å². The van der Waals surface area contributed by atoms with Crippen LogP contribution in [0.3, 0.4) is 0 Å². The molecule has 9 heteroatoms.